The van der Waals surface area contributed by atoms with Crippen molar-refractivity contribution in [2.45, 2.75) is 45.6 Å². The molecule has 4 aromatic rings. The number of hydrogen-bond donors (Lipinski definition) is 3. The molecule has 0 aromatic carbocycles. The summed E-state index contributed by atoms with van der Waals surface area (Å²) >= 11 is 1.96. The molecule has 0 radical (unpaired) electrons. The minimum atomic E-state index is -2.80. The number of alkyl halides is 1. The normalized spacial score (nSPS) is 24.7. The van der Waals surface area contributed by atoms with Crippen LogP contribution in [0.5, 0.6) is 0 Å². The second-order valence-corrected chi connectivity index (χ2v) is 10.9. The Kier molecular flexibility index (Phi) is 9.80. The summed E-state index contributed by atoms with van der Waals surface area (Å²) in [5, 5.41) is 3.85. The number of hydrogen-bond acceptors (Lipinski definition) is 10. The third-order valence-corrected chi connectivity index (χ3v) is 7.80. The maximum atomic E-state index is 12.3. The number of halogens is 1. The summed E-state index contributed by atoms with van der Waals surface area (Å²) < 4.78 is 122. The fourth-order valence-corrected chi connectivity index (χ4v) is 5.29. The zero-order chi connectivity index (χ0) is 49.8. The van der Waals surface area contributed by atoms with E-state index in [0.29, 0.717) is 40.9 Å². The number of aromatic amines is 2. The topological polar surface area (TPSA) is 157 Å². The van der Waals surface area contributed by atoms with Crippen molar-refractivity contribution in [2.75, 3.05) is 74.5 Å². The van der Waals surface area contributed by atoms with Crippen LogP contribution in [0.4, 0.5) is 11.6 Å². The highest BCUT2D eigenvalue weighted by atomic mass is 127. The molecular weight excluding hydrogens is 763 g/mol. The first-order valence-corrected chi connectivity index (χ1v) is 17.1. The Bertz CT molecular complexity index is 2310. The molecular formula is C35H49IN12O3. The molecule has 0 saturated carbocycles. The van der Waals surface area contributed by atoms with Crippen molar-refractivity contribution in [3.8, 4) is 0 Å². The van der Waals surface area contributed by atoms with Gasteiger partial charge in [-0.05, 0) is 55.2 Å². The molecule has 51 heavy (non-hydrogen) atoms. The zero-order valence-electron chi connectivity index (χ0n) is 42.8. The molecule has 2 aliphatic rings. The van der Waals surface area contributed by atoms with E-state index >= 15 is 0 Å². The van der Waals surface area contributed by atoms with Crippen molar-refractivity contribution >= 4 is 68.2 Å². The Morgan fingerprint density at radius 2 is 1.57 bits per heavy atom. The number of nitrogens with zero attached hydrogens (tertiary/aromatic N) is 9. The lowest BCUT2D eigenvalue weighted by atomic mass is 9.92. The molecule has 4 aromatic heterocycles. The Labute approximate surface area is 334 Å². The first kappa shape index (κ1) is 23.8. The van der Waals surface area contributed by atoms with Gasteiger partial charge in [-0.2, -0.15) is 0 Å². The van der Waals surface area contributed by atoms with E-state index in [1.54, 1.807) is 25.3 Å². The second-order valence-electron chi connectivity index (χ2n) is 10.9. The van der Waals surface area contributed by atoms with Crippen LogP contribution >= 0.6 is 22.6 Å². The highest BCUT2D eigenvalue weighted by Gasteiger charge is 2.33. The van der Waals surface area contributed by atoms with Gasteiger partial charge in [0.25, 0.3) is 6.54 Å². The minimum Gasteiger partial charge on any atom is -0.460 e. The monoisotopic (exact) mass is 827 g/mol. The summed E-state index contributed by atoms with van der Waals surface area (Å²) in [5.74, 6) is -2.83. The van der Waals surface area contributed by atoms with Gasteiger partial charge in [0.05, 0.1) is 23.4 Å². The fraction of sp³-hybridized carbons (Fsp3) is 0.543. The number of carbonyl (C=O) groups excluding carboxylic acids is 2. The van der Waals surface area contributed by atoms with E-state index < -0.39 is 76.3 Å². The molecule has 4 atom stereocenters. The number of rotatable bonds is 7. The molecule has 1 amide bonds. The van der Waals surface area contributed by atoms with Crippen LogP contribution in [-0.4, -0.2) is 123 Å². The number of ether oxygens (including phenoxy) is 1. The van der Waals surface area contributed by atoms with Crippen LogP contribution in [-0.2, 0) is 14.3 Å². The fourth-order valence-electron chi connectivity index (χ4n) is 5.29. The molecule has 6 rings (SSSR count). The number of amides is 1. The van der Waals surface area contributed by atoms with Crippen LogP contribution < -0.4 is 15.1 Å². The highest BCUT2D eigenvalue weighted by Crippen LogP contribution is 2.29. The number of esters is 1. The lowest BCUT2D eigenvalue weighted by molar-refractivity contribution is -0.140. The molecule has 0 bridgehead atoms. The van der Waals surface area contributed by atoms with Crippen LogP contribution in [0.3, 0.4) is 0 Å². The molecule has 274 valence electrons. The van der Waals surface area contributed by atoms with Crippen LogP contribution in [0, 0.1) is 25.0 Å². The van der Waals surface area contributed by atoms with Crippen molar-refractivity contribution in [3.05, 3.63) is 60.0 Å². The molecule has 3 N–H and O–H groups in total. The van der Waals surface area contributed by atoms with E-state index in [4.69, 9.17) is 33.7 Å². The number of likely N-dealkylation sites (tertiary alicyclic amines) is 1. The van der Waals surface area contributed by atoms with Gasteiger partial charge in [-0.15, -0.1) is 0 Å². The Balaban J connectivity index is 0.000000289. The average molecular weight is 828 g/mol. The van der Waals surface area contributed by atoms with Gasteiger partial charge >= 0.3 is 18.4 Å². The van der Waals surface area contributed by atoms with Crippen molar-refractivity contribution < 1.29 is 34.9 Å². The summed E-state index contributed by atoms with van der Waals surface area (Å²) in [4.78, 5) is 53.7. The maximum Gasteiger partial charge on any atom is 0.387 e. The van der Waals surface area contributed by atoms with Gasteiger partial charge in [0.15, 0.2) is 0 Å². The summed E-state index contributed by atoms with van der Waals surface area (Å²) in [6.07, 6.45) is 2.74. The molecule has 2 saturated heterocycles. The van der Waals surface area contributed by atoms with Crippen LogP contribution in [0.15, 0.2) is 37.1 Å². The second kappa shape index (κ2) is 21.0. The first-order valence-electron chi connectivity index (χ1n) is 23.3. The molecule has 0 unspecified atom stereocenters. The summed E-state index contributed by atoms with van der Waals surface area (Å²) in [5.41, 5.74) is 0.597. The van der Waals surface area contributed by atoms with Gasteiger partial charge in [0.1, 0.15) is 38.3 Å². The Morgan fingerprint density at radius 1 is 0.980 bits per heavy atom. The average Bonchev–Trinajstić information content (AvgIpc) is 3.88. The number of H-pyrrole nitrogens is 2. The van der Waals surface area contributed by atoms with E-state index in [1.165, 1.54) is 11.1 Å². The zero-order valence-corrected chi connectivity index (χ0v) is 30.0. The van der Waals surface area contributed by atoms with Gasteiger partial charge < -0.3 is 44.4 Å². The van der Waals surface area contributed by atoms with Crippen LogP contribution in [0.1, 0.15) is 54.0 Å². The van der Waals surface area contributed by atoms with Crippen molar-refractivity contribution in [1.29, 1.82) is 0 Å². The Morgan fingerprint density at radius 3 is 2.12 bits per heavy atom. The quantitative estimate of drug-likeness (QED) is 0.105. The lowest BCUT2D eigenvalue weighted by Gasteiger charge is -2.41. The summed E-state index contributed by atoms with van der Waals surface area (Å²) in [6, 6.07) is 1.25. The number of carbonyl (C=O) groups is 2. The molecule has 6 heterocycles. The van der Waals surface area contributed by atoms with E-state index in [0.717, 1.165) is 9.80 Å². The highest BCUT2D eigenvalue weighted by molar-refractivity contribution is 14.1. The van der Waals surface area contributed by atoms with E-state index in [2.05, 4.69) is 49.6 Å². The minimum absolute atomic E-state index is 0.0482. The standard InChI is InChI=1S/C16H20N6O.C13H19N5.C5H7NO2.CH3I/c1-11-5-7-22(14(23)8-17-2)9-13(11)21(3)16-12-4-6-18-15(12)19-10-20-16;1-9-3-5-14-7-11(9)18(2)13-10-4-6-15-12(10)16-8-17-13;1-3-8-5(7)4-6-2;1-2/h4,6,10-11,13H,5,7-9H2,1,3H3,(H,18,19,20);4,6,8-9,11,14H,3,5,7H2,1-2H3,(H,15,16,17);3-4H2,1H3;1H3/t11-,13+;9-,11+;;/m11../s1/i1D3,3D3,10D;1D3,2D3,8D;;1D. The molecule has 2 aliphatic heterocycles. The number of nitrogens with one attached hydrogen (secondary N) is 3. The predicted molar refractivity (Wildman–Crippen MR) is 209 cm³/mol. The predicted octanol–water partition coefficient (Wildman–Crippen LogP) is 4.46. The van der Waals surface area contributed by atoms with Gasteiger partial charge in [0.2, 0.25) is 0 Å². The third-order valence-electron chi connectivity index (χ3n) is 7.80. The van der Waals surface area contributed by atoms with E-state index in [9.17, 15) is 9.59 Å². The number of piperidine rings is 2. The summed E-state index contributed by atoms with van der Waals surface area (Å²) in [6.45, 7) is 5.14. The van der Waals surface area contributed by atoms with E-state index in [-0.39, 0.29) is 56.2 Å². The largest absolute Gasteiger partial charge is 0.460 e. The van der Waals surface area contributed by atoms with Crippen molar-refractivity contribution in [2.24, 2.45) is 11.8 Å². The first-order chi connectivity index (χ1) is 30.7. The summed E-state index contributed by atoms with van der Waals surface area (Å²) in [7, 11) is 0. The van der Waals surface area contributed by atoms with Crippen LogP contribution in [0.2, 0.25) is 0 Å². The number of likely N-dealkylation sites (N-methyl/N-ethyl adjacent to an activating group) is 2. The third kappa shape index (κ3) is 11.0. The number of aromatic nitrogens is 6. The lowest BCUT2D eigenvalue weighted by Crippen LogP contribution is -2.53. The molecule has 0 spiro atoms. The van der Waals surface area contributed by atoms with Gasteiger partial charge in [-0.25, -0.2) is 37.9 Å². The van der Waals surface area contributed by atoms with Gasteiger partial charge in [-0.3, -0.25) is 4.79 Å². The molecule has 0 aliphatic carbocycles. The van der Waals surface area contributed by atoms with Crippen LogP contribution in [0.25, 0.3) is 31.8 Å². The van der Waals surface area contributed by atoms with Crippen molar-refractivity contribution in [3.63, 3.8) is 0 Å². The van der Waals surface area contributed by atoms with Gasteiger partial charge in [-0.1, -0.05) is 36.3 Å². The van der Waals surface area contributed by atoms with E-state index in [1.807, 2.05) is 22.6 Å². The van der Waals surface area contributed by atoms with Crippen molar-refractivity contribution in [1.82, 2.24) is 40.1 Å². The molecule has 16 heteroatoms. The smallest absolute Gasteiger partial charge is 0.387 e. The molecule has 2 fully saturated rings. The molecule has 15 nitrogen and oxygen atoms in total. The Hall–Kier alpha value is -4.55. The SMILES string of the molecule is [2H]CI.[2H]c1nc(N([C@H]2CN(C(=O)C[N+]#[C-])CC[C@H]2C([2H])([2H])[2H])C([2H])([2H])[2H])c2cc[nH]c2n1.[2H]c1nc(N([C@H]2CNCC[C@H]2C([2H])([2H])[2H])C([2H])([2H])[2H])c2cc[nH]c2n1.[C-]#[N+]CC(=O)OCC. The number of fused-ring (bicyclic) bond motifs is 2. The van der Waals surface area contributed by atoms with Gasteiger partial charge in [0, 0.05) is 69.8 Å². The number of anilines is 2. The maximum absolute atomic E-state index is 12.3.